The van der Waals surface area contributed by atoms with E-state index in [0.29, 0.717) is 29.7 Å². The predicted molar refractivity (Wildman–Crippen MR) is 145 cm³/mol. The van der Waals surface area contributed by atoms with Crippen LogP contribution in [0.4, 0.5) is 11.4 Å². The molecule has 36 heavy (non-hydrogen) atoms. The number of amidine groups is 2. The lowest BCUT2D eigenvalue weighted by Crippen LogP contribution is -2.43. The number of carbonyl (C=O) groups excluding carboxylic acids is 3. The highest BCUT2D eigenvalue weighted by Crippen LogP contribution is 2.35. The summed E-state index contributed by atoms with van der Waals surface area (Å²) in [5.74, 6) is -0.181. The summed E-state index contributed by atoms with van der Waals surface area (Å²) < 4.78 is 0. The van der Waals surface area contributed by atoms with E-state index in [9.17, 15) is 14.4 Å². The number of benzene rings is 2. The molecular formula is C27H31N5O3S. The highest BCUT2D eigenvalue weighted by atomic mass is 32.2. The number of hydrogen-bond acceptors (Lipinski definition) is 6. The van der Waals surface area contributed by atoms with Crippen LogP contribution < -0.4 is 10.6 Å². The number of aryl methyl sites for hydroxylation is 1. The first-order valence-corrected chi connectivity index (χ1v) is 13.2. The number of nitrogens with one attached hydrogen (secondary N) is 2. The summed E-state index contributed by atoms with van der Waals surface area (Å²) in [4.78, 5) is 49.8. The van der Waals surface area contributed by atoms with Crippen molar-refractivity contribution in [3.8, 4) is 0 Å². The third-order valence-corrected chi connectivity index (χ3v) is 7.29. The number of unbranched alkanes of at least 4 members (excludes halogenated alkanes) is 1. The largest absolute Gasteiger partial charge is 0.356 e. The summed E-state index contributed by atoms with van der Waals surface area (Å²) in [5, 5.41) is 5.76. The van der Waals surface area contributed by atoms with Crippen molar-refractivity contribution in [3.05, 3.63) is 59.7 Å². The highest BCUT2D eigenvalue weighted by molar-refractivity contribution is 8.15. The van der Waals surface area contributed by atoms with Crippen LogP contribution in [0.3, 0.4) is 0 Å². The number of nitrogens with zero attached hydrogens (tertiary/aromatic N) is 3. The highest BCUT2D eigenvalue weighted by Gasteiger charge is 2.43. The Morgan fingerprint density at radius 3 is 2.69 bits per heavy atom. The number of thioether (sulfide) groups is 1. The van der Waals surface area contributed by atoms with Crippen LogP contribution in [0, 0.1) is 6.92 Å². The Labute approximate surface area is 215 Å². The van der Waals surface area contributed by atoms with Gasteiger partial charge in [-0.3, -0.25) is 19.4 Å². The molecule has 3 amide bonds. The lowest BCUT2D eigenvalue weighted by atomic mass is 10.1. The molecule has 2 aromatic carbocycles. The second-order valence-corrected chi connectivity index (χ2v) is 10.0. The maximum absolute atomic E-state index is 13.4. The van der Waals surface area contributed by atoms with Crippen molar-refractivity contribution >= 4 is 51.9 Å². The smallest absolute Gasteiger partial charge is 0.259 e. The predicted octanol–water partition coefficient (Wildman–Crippen LogP) is 4.41. The van der Waals surface area contributed by atoms with Crippen LogP contribution >= 0.6 is 11.8 Å². The molecular weight excluding hydrogens is 474 g/mol. The number of fused-ring (bicyclic) bond motifs is 3. The van der Waals surface area contributed by atoms with Gasteiger partial charge in [-0.05, 0) is 49.6 Å². The molecule has 0 aliphatic carbocycles. The fourth-order valence-electron chi connectivity index (χ4n) is 4.06. The summed E-state index contributed by atoms with van der Waals surface area (Å²) in [6, 6.07) is 14.3. The van der Waals surface area contributed by atoms with Crippen molar-refractivity contribution in [2.75, 3.05) is 11.9 Å². The third kappa shape index (κ3) is 5.67. The zero-order valence-electron chi connectivity index (χ0n) is 20.8. The second kappa shape index (κ2) is 11.5. The number of aliphatic imine (C=N–C) groups is 2. The van der Waals surface area contributed by atoms with Gasteiger partial charge in [-0.1, -0.05) is 56.3 Å². The lowest BCUT2D eigenvalue weighted by molar-refractivity contribution is -0.128. The molecule has 2 aliphatic heterocycles. The topological polar surface area (TPSA) is 103 Å². The Morgan fingerprint density at radius 1 is 1.14 bits per heavy atom. The Hall–Kier alpha value is -3.46. The standard InChI is InChI=1S/C27H31N5O3S/c1-4-6-14-28-23(33)16-21-26(35)32-24(30-21)19-12-7-8-13-20(19)31-27(32)36-22(5-2)25(34)29-18-11-9-10-17(3)15-18/h7-13,15,21-22H,4-6,14,16H2,1-3H3,(H,28,33)(H,29,34)/t21-,22+/m1/s1. The van der Waals surface area contributed by atoms with Gasteiger partial charge < -0.3 is 10.6 Å². The second-order valence-electron chi connectivity index (χ2n) is 8.83. The Morgan fingerprint density at radius 2 is 1.94 bits per heavy atom. The summed E-state index contributed by atoms with van der Waals surface area (Å²) in [5.41, 5.74) is 3.20. The van der Waals surface area contributed by atoms with Gasteiger partial charge in [0.1, 0.15) is 11.9 Å². The van der Waals surface area contributed by atoms with Crippen LogP contribution in [-0.2, 0) is 14.4 Å². The summed E-state index contributed by atoms with van der Waals surface area (Å²) in [7, 11) is 0. The number of amides is 3. The minimum atomic E-state index is -0.820. The molecule has 2 atom stereocenters. The third-order valence-electron chi connectivity index (χ3n) is 5.98. The fraction of sp³-hybridized carbons (Fsp3) is 0.370. The SMILES string of the molecule is CCCCNC(=O)C[C@H]1N=C2c3ccccc3N=C(S[C@@H](CC)C(=O)Nc3cccc(C)c3)N2C1=O. The average molecular weight is 506 g/mol. The summed E-state index contributed by atoms with van der Waals surface area (Å²) in [6.45, 7) is 6.53. The zero-order valence-corrected chi connectivity index (χ0v) is 21.6. The van der Waals surface area contributed by atoms with Crippen LogP contribution in [0.15, 0.2) is 58.5 Å². The first-order chi connectivity index (χ1) is 17.4. The van der Waals surface area contributed by atoms with Crippen LogP contribution in [0.25, 0.3) is 0 Å². The van der Waals surface area contributed by atoms with Gasteiger partial charge in [0.15, 0.2) is 5.17 Å². The molecule has 0 bridgehead atoms. The molecule has 0 unspecified atom stereocenters. The van der Waals surface area contributed by atoms with E-state index in [-0.39, 0.29) is 24.1 Å². The summed E-state index contributed by atoms with van der Waals surface area (Å²) in [6.07, 6.45) is 2.38. The molecule has 0 fully saturated rings. The van der Waals surface area contributed by atoms with Crippen LogP contribution in [-0.4, -0.2) is 51.5 Å². The van der Waals surface area contributed by atoms with Gasteiger partial charge in [0, 0.05) is 17.8 Å². The van der Waals surface area contributed by atoms with Gasteiger partial charge in [-0.15, -0.1) is 0 Å². The van der Waals surface area contributed by atoms with E-state index in [4.69, 9.17) is 4.99 Å². The van der Waals surface area contributed by atoms with Crippen molar-refractivity contribution < 1.29 is 14.4 Å². The molecule has 2 heterocycles. The van der Waals surface area contributed by atoms with Gasteiger partial charge in [-0.2, -0.15) is 0 Å². The first-order valence-electron chi connectivity index (χ1n) is 12.3. The van der Waals surface area contributed by atoms with Crippen LogP contribution in [0.1, 0.15) is 50.7 Å². The van der Waals surface area contributed by atoms with Gasteiger partial charge in [-0.25, -0.2) is 9.89 Å². The monoisotopic (exact) mass is 505 g/mol. The van der Waals surface area contributed by atoms with Gasteiger partial charge >= 0.3 is 0 Å². The molecule has 2 aliphatic rings. The van der Waals surface area contributed by atoms with Crippen LogP contribution in [0.5, 0.6) is 0 Å². The quantitative estimate of drug-likeness (QED) is 0.493. The van der Waals surface area contributed by atoms with Crippen molar-refractivity contribution in [1.82, 2.24) is 10.2 Å². The molecule has 2 N–H and O–H groups in total. The number of anilines is 1. The Kier molecular flexibility index (Phi) is 8.20. The lowest BCUT2D eigenvalue weighted by Gasteiger charge is -2.27. The number of rotatable bonds is 9. The maximum Gasteiger partial charge on any atom is 0.259 e. The molecule has 9 heteroatoms. The molecule has 0 aromatic heterocycles. The molecule has 8 nitrogen and oxygen atoms in total. The molecule has 0 saturated heterocycles. The Balaban J connectivity index is 1.56. The molecule has 0 spiro atoms. The van der Waals surface area contributed by atoms with Crippen LogP contribution in [0.2, 0.25) is 0 Å². The number of carbonyl (C=O) groups is 3. The zero-order chi connectivity index (χ0) is 25.7. The minimum absolute atomic E-state index is 0.0201. The average Bonchev–Trinajstić information content (AvgIpc) is 3.18. The van der Waals surface area contributed by atoms with Gasteiger partial charge in [0.25, 0.3) is 5.91 Å². The summed E-state index contributed by atoms with van der Waals surface area (Å²) >= 11 is 1.24. The van der Waals surface area contributed by atoms with E-state index in [1.807, 2.05) is 62.4 Å². The van der Waals surface area contributed by atoms with Crippen molar-refractivity contribution in [3.63, 3.8) is 0 Å². The fourth-order valence-corrected chi connectivity index (χ4v) is 5.08. The molecule has 0 saturated carbocycles. The molecule has 2 aromatic rings. The van der Waals surface area contributed by atoms with Gasteiger partial charge in [0.2, 0.25) is 11.8 Å². The van der Waals surface area contributed by atoms with Crippen molar-refractivity contribution in [2.45, 2.75) is 57.7 Å². The van der Waals surface area contributed by atoms with E-state index in [1.165, 1.54) is 16.7 Å². The van der Waals surface area contributed by atoms with Crippen molar-refractivity contribution in [2.24, 2.45) is 9.98 Å². The van der Waals surface area contributed by atoms with E-state index < -0.39 is 11.3 Å². The van der Waals surface area contributed by atoms with Crippen molar-refractivity contribution in [1.29, 1.82) is 0 Å². The normalized spacial score (nSPS) is 17.0. The number of hydrogen-bond donors (Lipinski definition) is 2. The first kappa shape index (κ1) is 25.6. The minimum Gasteiger partial charge on any atom is -0.356 e. The van der Waals surface area contributed by atoms with E-state index in [2.05, 4.69) is 22.5 Å². The van der Waals surface area contributed by atoms with Gasteiger partial charge in [0.05, 0.1) is 17.4 Å². The van der Waals surface area contributed by atoms with E-state index in [0.717, 1.165) is 29.7 Å². The van der Waals surface area contributed by atoms with E-state index >= 15 is 0 Å². The molecule has 0 radical (unpaired) electrons. The van der Waals surface area contributed by atoms with E-state index in [1.54, 1.807) is 0 Å². The maximum atomic E-state index is 13.4. The molecule has 188 valence electrons. The number of para-hydroxylation sites is 1. The molecule has 4 rings (SSSR count). The Bertz CT molecular complexity index is 1230.